The lowest BCUT2D eigenvalue weighted by Crippen LogP contribution is -2.36. The molecule has 0 spiro atoms. The minimum absolute atomic E-state index is 0.295. The standard InChI is InChI=1S/C16H21N3OS/c1-13(16-17-6-11-21-16)18-12-14-2-4-15(5-3-14)19-7-9-20-10-8-19/h2-6,11,13,18H,7-10,12H2,1H3. The summed E-state index contributed by atoms with van der Waals surface area (Å²) >= 11 is 1.70. The molecule has 21 heavy (non-hydrogen) atoms. The van der Waals surface area contributed by atoms with E-state index in [0.29, 0.717) is 6.04 Å². The third kappa shape index (κ3) is 3.81. The van der Waals surface area contributed by atoms with Gasteiger partial charge in [-0.05, 0) is 24.6 Å². The predicted octanol–water partition coefficient (Wildman–Crippen LogP) is 2.83. The Morgan fingerprint density at radius 1 is 1.29 bits per heavy atom. The zero-order chi connectivity index (χ0) is 14.5. The van der Waals surface area contributed by atoms with Gasteiger partial charge in [0, 0.05) is 36.9 Å². The van der Waals surface area contributed by atoms with Crippen molar-refractivity contribution in [1.82, 2.24) is 10.3 Å². The van der Waals surface area contributed by atoms with Crippen LogP contribution in [0.25, 0.3) is 0 Å². The van der Waals surface area contributed by atoms with E-state index >= 15 is 0 Å². The molecule has 1 aliphatic heterocycles. The molecule has 2 heterocycles. The summed E-state index contributed by atoms with van der Waals surface area (Å²) in [5.41, 5.74) is 2.59. The van der Waals surface area contributed by atoms with E-state index in [2.05, 4.69) is 46.4 Å². The van der Waals surface area contributed by atoms with Gasteiger partial charge in [-0.15, -0.1) is 11.3 Å². The van der Waals surface area contributed by atoms with Crippen molar-refractivity contribution in [3.05, 3.63) is 46.4 Å². The van der Waals surface area contributed by atoms with Crippen LogP contribution in [0.15, 0.2) is 35.8 Å². The summed E-state index contributed by atoms with van der Waals surface area (Å²) in [6.07, 6.45) is 1.86. The maximum Gasteiger partial charge on any atom is 0.109 e. The smallest absolute Gasteiger partial charge is 0.109 e. The zero-order valence-corrected chi connectivity index (χ0v) is 13.1. The van der Waals surface area contributed by atoms with Crippen LogP contribution in [0, 0.1) is 0 Å². The fourth-order valence-electron chi connectivity index (χ4n) is 2.45. The number of ether oxygens (including phenoxy) is 1. The fraction of sp³-hybridized carbons (Fsp3) is 0.438. The number of thiazole rings is 1. The van der Waals surface area contributed by atoms with Crippen LogP contribution in [-0.4, -0.2) is 31.3 Å². The summed E-state index contributed by atoms with van der Waals surface area (Å²) in [6, 6.07) is 9.11. The SMILES string of the molecule is CC(NCc1ccc(N2CCOCC2)cc1)c1nccs1. The number of morpholine rings is 1. The van der Waals surface area contributed by atoms with Crippen LogP contribution in [0.4, 0.5) is 5.69 Å². The highest BCUT2D eigenvalue weighted by Crippen LogP contribution is 2.18. The van der Waals surface area contributed by atoms with Crippen molar-refractivity contribution in [3.63, 3.8) is 0 Å². The van der Waals surface area contributed by atoms with Crippen LogP contribution in [0.3, 0.4) is 0 Å². The number of nitrogens with one attached hydrogen (secondary N) is 1. The van der Waals surface area contributed by atoms with Gasteiger partial charge in [-0.2, -0.15) is 0 Å². The summed E-state index contributed by atoms with van der Waals surface area (Å²) in [4.78, 5) is 6.72. The molecule has 3 rings (SSSR count). The van der Waals surface area contributed by atoms with E-state index in [4.69, 9.17) is 4.74 Å². The van der Waals surface area contributed by atoms with Crippen molar-refractivity contribution < 1.29 is 4.74 Å². The molecule has 0 bridgehead atoms. The molecule has 0 amide bonds. The molecule has 5 heteroatoms. The molecule has 112 valence electrons. The maximum atomic E-state index is 5.39. The van der Waals surface area contributed by atoms with Gasteiger partial charge in [0.15, 0.2) is 0 Å². The van der Waals surface area contributed by atoms with Crippen molar-refractivity contribution in [1.29, 1.82) is 0 Å². The first kappa shape index (κ1) is 14.5. The first-order valence-corrected chi connectivity index (χ1v) is 8.25. The van der Waals surface area contributed by atoms with Gasteiger partial charge < -0.3 is 15.0 Å². The minimum Gasteiger partial charge on any atom is -0.378 e. The summed E-state index contributed by atoms with van der Waals surface area (Å²) in [6.45, 7) is 6.64. The quantitative estimate of drug-likeness (QED) is 0.921. The van der Waals surface area contributed by atoms with Crippen molar-refractivity contribution in [3.8, 4) is 0 Å². The highest BCUT2D eigenvalue weighted by Gasteiger charge is 2.11. The second kappa shape index (κ2) is 7.02. The largest absolute Gasteiger partial charge is 0.378 e. The summed E-state index contributed by atoms with van der Waals surface area (Å²) < 4.78 is 5.39. The van der Waals surface area contributed by atoms with E-state index in [1.54, 1.807) is 11.3 Å². The Kier molecular flexibility index (Phi) is 4.85. The van der Waals surface area contributed by atoms with Crippen molar-refractivity contribution in [2.75, 3.05) is 31.2 Å². The van der Waals surface area contributed by atoms with E-state index < -0.39 is 0 Å². The summed E-state index contributed by atoms with van der Waals surface area (Å²) in [5.74, 6) is 0. The van der Waals surface area contributed by atoms with Gasteiger partial charge in [0.1, 0.15) is 5.01 Å². The van der Waals surface area contributed by atoms with Crippen LogP contribution in [-0.2, 0) is 11.3 Å². The Hall–Kier alpha value is -1.43. The van der Waals surface area contributed by atoms with Crippen LogP contribution in [0.1, 0.15) is 23.5 Å². The number of anilines is 1. The van der Waals surface area contributed by atoms with Gasteiger partial charge in [0.25, 0.3) is 0 Å². The molecule has 1 atom stereocenters. The van der Waals surface area contributed by atoms with Crippen LogP contribution < -0.4 is 10.2 Å². The van der Waals surface area contributed by atoms with Gasteiger partial charge in [-0.3, -0.25) is 0 Å². The molecule has 1 fully saturated rings. The Balaban J connectivity index is 1.54. The first-order chi connectivity index (χ1) is 10.3. The molecular formula is C16H21N3OS. The number of rotatable bonds is 5. The molecule has 0 radical (unpaired) electrons. The summed E-state index contributed by atoms with van der Waals surface area (Å²) in [5, 5.41) is 6.67. The molecule has 0 aliphatic carbocycles. The van der Waals surface area contributed by atoms with Gasteiger partial charge in [-0.1, -0.05) is 12.1 Å². The van der Waals surface area contributed by atoms with Crippen LogP contribution in [0.2, 0.25) is 0 Å². The lowest BCUT2D eigenvalue weighted by atomic mass is 10.1. The van der Waals surface area contributed by atoms with E-state index in [9.17, 15) is 0 Å². The Morgan fingerprint density at radius 2 is 2.05 bits per heavy atom. The number of benzene rings is 1. The monoisotopic (exact) mass is 303 g/mol. The number of hydrogen-bond donors (Lipinski definition) is 1. The second-order valence-electron chi connectivity index (χ2n) is 5.24. The van der Waals surface area contributed by atoms with Gasteiger partial charge in [-0.25, -0.2) is 4.98 Å². The van der Waals surface area contributed by atoms with Crippen LogP contribution >= 0.6 is 11.3 Å². The summed E-state index contributed by atoms with van der Waals surface area (Å²) in [7, 11) is 0. The average Bonchev–Trinajstić information content (AvgIpc) is 3.08. The number of hydrogen-bond acceptors (Lipinski definition) is 5. The third-order valence-corrected chi connectivity index (χ3v) is 4.71. The lowest BCUT2D eigenvalue weighted by molar-refractivity contribution is 0.122. The highest BCUT2D eigenvalue weighted by molar-refractivity contribution is 7.09. The minimum atomic E-state index is 0.295. The van der Waals surface area contributed by atoms with Gasteiger partial charge in [0.05, 0.1) is 19.3 Å². The van der Waals surface area contributed by atoms with E-state index in [-0.39, 0.29) is 0 Å². The molecule has 1 aromatic heterocycles. The topological polar surface area (TPSA) is 37.4 Å². The Morgan fingerprint density at radius 3 is 2.71 bits per heavy atom. The molecule has 1 N–H and O–H groups in total. The zero-order valence-electron chi connectivity index (χ0n) is 12.3. The molecule has 4 nitrogen and oxygen atoms in total. The van der Waals surface area contributed by atoms with Crippen molar-refractivity contribution >= 4 is 17.0 Å². The van der Waals surface area contributed by atoms with Crippen molar-refractivity contribution in [2.24, 2.45) is 0 Å². The Bertz CT molecular complexity index is 535. The first-order valence-electron chi connectivity index (χ1n) is 7.37. The number of aromatic nitrogens is 1. The fourth-order valence-corrected chi connectivity index (χ4v) is 3.12. The molecule has 0 saturated carbocycles. The normalized spacial score (nSPS) is 16.9. The molecular weight excluding hydrogens is 282 g/mol. The molecule has 1 aromatic carbocycles. The number of nitrogens with zero attached hydrogens (tertiary/aromatic N) is 2. The van der Waals surface area contributed by atoms with E-state index in [0.717, 1.165) is 37.9 Å². The maximum absolute atomic E-state index is 5.39. The van der Waals surface area contributed by atoms with Gasteiger partial charge >= 0.3 is 0 Å². The van der Waals surface area contributed by atoms with E-state index in [1.165, 1.54) is 11.3 Å². The lowest BCUT2D eigenvalue weighted by Gasteiger charge is -2.29. The molecule has 2 aromatic rings. The molecule has 1 saturated heterocycles. The van der Waals surface area contributed by atoms with Crippen molar-refractivity contribution in [2.45, 2.75) is 19.5 Å². The predicted molar refractivity (Wildman–Crippen MR) is 86.8 cm³/mol. The average molecular weight is 303 g/mol. The third-order valence-electron chi connectivity index (χ3n) is 3.75. The van der Waals surface area contributed by atoms with E-state index in [1.807, 2.05) is 11.6 Å². The Labute approximate surface area is 129 Å². The molecule has 1 aliphatic rings. The van der Waals surface area contributed by atoms with Crippen LogP contribution in [0.5, 0.6) is 0 Å². The highest BCUT2D eigenvalue weighted by atomic mass is 32.1. The molecule has 1 unspecified atom stereocenters. The second-order valence-corrected chi connectivity index (χ2v) is 6.16. The van der Waals surface area contributed by atoms with Gasteiger partial charge in [0.2, 0.25) is 0 Å².